The maximum Gasteiger partial charge on any atom is 0.338 e. The Kier molecular flexibility index (Phi) is 6.09. The Labute approximate surface area is 196 Å². The Hall–Kier alpha value is -3.25. The molecule has 1 aliphatic carbocycles. The number of aryl methyl sites for hydroxylation is 2. The van der Waals surface area contributed by atoms with Crippen molar-refractivity contribution in [2.45, 2.75) is 45.6 Å². The number of nitrogens with zero attached hydrogens (tertiary/aromatic N) is 2. The number of aromatic nitrogens is 2. The zero-order chi connectivity index (χ0) is 22.8. The smallest absolute Gasteiger partial charge is 0.338 e. The number of rotatable bonds is 6. The molecule has 0 fully saturated rings. The van der Waals surface area contributed by atoms with E-state index in [1.54, 1.807) is 22.0 Å². The summed E-state index contributed by atoms with van der Waals surface area (Å²) in [6.45, 7) is 2.70. The quantitative estimate of drug-likeness (QED) is 0.352. The second-order valence-electron chi connectivity index (χ2n) is 8.42. The molecule has 0 amide bonds. The van der Waals surface area contributed by atoms with E-state index in [2.05, 4.69) is 0 Å². The first-order valence-corrected chi connectivity index (χ1v) is 12.3. The van der Waals surface area contributed by atoms with Crippen LogP contribution in [-0.4, -0.2) is 22.1 Å². The number of hydrogen-bond acceptors (Lipinski definition) is 5. The normalized spacial score (nSPS) is 13.1. The fourth-order valence-corrected chi connectivity index (χ4v) is 5.70. The van der Waals surface area contributed by atoms with Crippen LogP contribution in [0.1, 0.15) is 52.5 Å². The molecule has 0 atom stereocenters. The lowest BCUT2D eigenvalue weighted by molar-refractivity contribution is 0.0505. The zero-order valence-corrected chi connectivity index (χ0v) is 19.5. The summed E-state index contributed by atoms with van der Waals surface area (Å²) in [7, 11) is 0. The summed E-state index contributed by atoms with van der Waals surface area (Å²) in [6.07, 6.45) is 5.02. The average molecular weight is 459 g/mol. The van der Waals surface area contributed by atoms with Crippen LogP contribution >= 0.6 is 11.3 Å². The summed E-state index contributed by atoms with van der Waals surface area (Å²) in [6, 6.07) is 17.2. The Balaban J connectivity index is 1.63. The fraction of sp³-hybridized carbons (Fsp3) is 0.296. The second kappa shape index (κ2) is 9.32. The van der Waals surface area contributed by atoms with Gasteiger partial charge in [0.2, 0.25) is 0 Å². The maximum atomic E-state index is 13.9. The number of hydrogen-bond donors (Lipinski definition) is 0. The highest BCUT2D eigenvalue weighted by Crippen LogP contribution is 2.35. The second-order valence-corrected chi connectivity index (χ2v) is 9.50. The molecule has 4 aromatic rings. The van der Waals surface area contributed by atoms with Gasteiger partial charge >= 0.3 is 5.97 Å². The molecule has 5 nitrogen and oxygen atoms in total. The minimum absolute atomic E-state index is 0.00258. The number of esters is 1. The van der Waals surface area contributed by atoms with E-state index in [-0.39, 0.29) is 11.5 Å². The van der Waals surface area contributed by atoms with E-state index in [1.165, 1.54) is 16.9 Å². The van der Waals surface area contributed by atoms with E-state index >= 15 is 0 Å². The van der Waals surface area contributed by atoms with Crippen molar-refractivity contribution < 1.29 is 9.53 Å². The predicted molar refractivity (Wildman–Crippen MR) is 132 cm³/mol. The summed E-state index contributed by atoms with van der Waals surface area (Å²) >= 11 is 1.67. The molecule has 0 radical (unpaired) electrons. The minimum atomic E-state index is -0.338. The molecule has 33 heavy (non-hydrogen) atoms. The summed E-state index contributed by atoms with van der Waals surface area (Å²) in [5, 5.41) is 0.771. The van der Waals surface area contributed by atoms with Gasteiger partial charge in [-0.15, -0.1) is 11.3 Å². The Morgan fingerprint density at radius 1 is 1.09 bits per heavy atom. The number of ether oxygens (including phenoxy) is 1. The van der Waals surface area contributed by atoms with Crippen molar-refractivity contribution in [3.05, 3.63) is 86.5 Å². The van der Waals surface area contributed by atoms with Crippen molar-refractivity contribution >= 4 is 27.5 Å². The van der Waals surface area contributed by atoms with Gasteiger partial charge in [0.25, 0.3) is 5.56 Å². The lowest BCUT2D eigenvalue weighted by Crippen LogP contribution is -2.24. The molecule has 0 N–H and O–H groups in total. The lowest BCUT2D eigenvalue weighted by atomic mass is 9.97. The minimum Gasteiger partial charge on any atom is -0.462 e. The Bertz CT molecular complexity index is 1370. The van der Waals surface area contributed by atoms with Gasteiger partial charge in [0, 0.05) is 10.4 Å². The van der Waals surface area contributed by atoms with Gasteiger partial charge in [-0.05, 0) is 55.4 Å². The Morgan fingerprint density at radius 2 is 1.91 bits per heavy atom. The third-order valence-electron chi connectivity index (χ3n) is 6.05. The lowest BCUT2D eigenvalue weighted by Gasteiger charge is -2.15. The van der Waals surface area contributed by atoms with Gasteiger partial charge in [-0.2, -0.15) is 0 Å². The molecule has 0 bridgehead atoms. The van der Waals surface area contributed by atoms with E-state index < -0.39 is 0 Å². The molecule has 6 heteroatoms. The first-order chi connectivity index (χ1) is 16.2. The molecule has 2 aromatic carbocycles. The third kappa shape index (κ3) is 4.23. The van der Waals surface area contributed by atoms with Crippen LogP contribution in [0, 0.1) is 0 Å². The van der Waals surface area contributed by atoms with E-state index in [0.717, 1.165) is 47.0 Å². The zero-order valence-electron chi connectivity index (χ0n) is 18.7. The highest BCUT2D eigenvalue weighted by atomic mass is 32.1. The summed E-state index contributed by atoms with van der Waals surface area (Å²) in [5.74, 6) is 0.320. The molecule has 2 heterocycles. The Morgan fingerprint density at radius 3 is 2.73 bits per heavy atom. The molecule has 168 valence electrons. The van der Waals surface area contributed by atoms with Crippen molar-refractivity contribution in [1.82, 2.24) is 9.55 Å². The van der Waals surface area contributed by atoms with Gasteiger partial charge < -0.3 is 4.74 Å². The van der Waals surface area contributed by atoms with E-state index in [9.17, 15) is 9.59 Å². The highest BCUT2D eigenvalue weighted by molar-refractivity contribution is 7.18. The van der Waals surface area contributed by atoms with E-state index in [0.29, 0.717) is 24.5 Å². The summed E-state index contributed by atoms with van der Waals surface area (Å²) in [4.78, 5) is 33.4. The van der Waals surface area contributed by atoms with E-state index in [4.69, 9.17) is 9.72 Å². The molecule has 1 aliphatic rings. The number of benzene rings is 2. The van der Waals surface area contributed by atoms with E-state index in [1.807, 2.05) is 55.5 Å². The molecule has 0 saturated heterocycles. The van der Waals surface area contributed by atoms with Gasteiger partial charge in [0.15, 0.2) is 0 Å². The van der Waals surface area contributed by atoms with Crippen LogP contribution in [0.5, 0.6) is 0 Å². The maximum absolute atomic E-state index is 13.9. The van der Waals surface area contributed by atoms with Gasteiger partial charge in [-0.25, -0.2) is 9.78 Å². The van der Waals surface area contributed by atoms with Gasteiger partial charge in [0.05, 0.1) is 24.1 Å². The predicted octanol–water partition coefficient (Wildman–Crippen LogP) is 5.62. The number of carbonyl (C=O) groups excluding carboxylic acids is 1. The molecule has 0 unspecified atom stereocenters. The summed E-state index contributed by atoms with van der Waals surface area (Å²) < 4.78 is 7.05. The van der Waals surface area contributed by atoms with Crippen LogP contribution in [0.2, 0.25) is 0 Å². The molecular formula is C27H26N2O3S. The number of carbonyl (C=O) groups is 1. The summed E-state index contributed by atoms with van der Waals surface area (Å²) in [5.41, 5.74) is 3.45. The van der Waals surface area contributed by atoms with Crippen molar-refractivity contribution in [3.8, 4) is 11.4 Å². The fourth-order valence-electron chi connectivity index (χ4n) is 4.45. The van der Waals surface area contributed by atoms with Crippen molar-refractivity contribution in [3.63, 3.8) is 0 Å². The van der Waals surface area contributed by atoms with Crippen LogP contribution in [0.4, 0.5) is 0 Å². The van der Waals surface area contributed by atoms with Gasteiger partial charge in [-0.3, -0.25) is 9.36 Å². The van der Waals surface area contributed by atoms with Gasteiger partial charge in [-0.1, -0.05) is 49.4 Å². The standard InChI is InChI=1S/C27H26N2O3S/c1-2-15-32-27(31)20-12-8-9-18(16-20)17-29-24(19-10-4-3-5-11-19)28-25-23(26(29)30)21-13-6-7-14-22(21)33-25/h3-5,8-12,16H,2,6-7,13-15,17H2,1H3. The van der Waals surface area contributed by atoms with Crippen LogP contribution in [0.3, 0.4) is 0 Å². The highest BCUT2D eigenvalue weighted by Gasteiger charge is 2.23. The third-order valence-corrected chi connectivity index (χ3v) is 7.23. The molecular weight excluding hydrogens is 432 g/mol. The topological polar surface area (TPSA) is 61.2 Å². The van der Waals surface area contributed by atoms with Crippen LogP contribution in [-0.2, 0) is 24.1 Å². The largest absolute Gasteiger partial charge is 0.462 e. The monoisotopic (exact) mass is 458 g/mol. The molecule has 2 aromatic heterocycles. The molecule has 0 spiro atoms. The molecule has 5 rings (SSSR count). The van der Waals surface area contributed by atoms with Crippen LogP contribution in [0.25, 0.3) is 21.6 Å². The molecule has 0 aliphatic heterocycles. The first-order valence-electron chi connectivity index (χ1n) is 11.5. The van der Waals surface area contributed by atoms with Crippen LogP contribution < -0.4 is 5.56 Å². The van der Waals surface area contributed by atoms with Crippen molar-refractivity contribution in [2.75, 3.05) is 6.61 Å². The van der Waals surface area contributed by atoms with Crippen LogP contribution in [0.15, 0.2) is 59.4 Å². The average Bonchev–Trinajstić information content (AvgIpc) is 3.23. The first kappa shape index (κ1) is 21.6. The van der Waals surface area contributed by atoms with Crippen molar-refractivity contribution in [2.24, 2.45) is 0 Å². The number of thiophene rings is 1. The SMILES string of the molecule is CCCOC(=O)c1cccc(Cn2c(-c3ccccc3)nc3sc4c(c3c2=O)CCCC4)c1. The molecule has 0 saturated carbocycles. The van der Waals surface area contributed by atoms with Crippen molar-refractivity contribution in [1.29, 1.82) is 0 Å². The van der Waals surface area contributed by atoms with Gasteiger partial charge in [0.1, 0.15) is 10.7 Å². The number of fused-ring (bicyclic) bond motifs is 3.